The Kier molecular flexibility index (Phi) is 4.88. The van der Waals surface area contributed by atoms with E-state index in [1.165, 1.54) is 6.20 Å². The second-order valence-corrected chi connectivity index (χ2v) is 3.58. The van der Waals surface area contributed by atoms with Crippen molar-refractivity contribution < 1.29 is 4.79 Å². The van der Waals surface area contributed by atoms with E-state index in [9.17, 15) is 4.79 Å². The molecular weight excluding hydrogens is 240 g/mol. The van der Waals surface area contributed by atoms with Gasteiger partial charge in [0.05, 0.1) is 5.56 Å². The molecule has 1 aliphatic rings. The van der Waals surface area contributed by atoms with Crippen molar-refractivity contribution in [3.05, 3.63) is 23.9 Å². The quantitative estimate of drug-likeness (QED) is 0.617. The minimum absolute atomic E-state index is 0. The number of nitrogens with zero attached hydrogens (tertiary/aromatic N) is 3. The monoisotopic (exact) mass is 252 g/mol. The zero-order chi connectivity index (χ0) is 11.4. The zero-order valence-electron chi connectivity index (χ0n) is 9.22. The molecule has 5 nitrogen and oxygen atoms in total. The summed E-state index contributed by atoms with van der Waals surface area (Å²) >= 11 is 0. The van der Waals surface area contributed by atoms with Gasteiger partial charge in [-0.05, 0) is 12.1 Å². The maximum atomic E-state index is 11.1. The van der Waals surface area contributed by atoms with E-state index < -0.39 is 5.78 Å². The molecule has 0 bridgehead atoms. The predicted molar refractivity (Wildman–Crippen MR) is 66.5 cm³/mol. The summed E-state index contributed by atoms with van der Waals surface area (Å²) < 4.78 is 0. The largest absolute Gasteiger partial charge is 0.354 e. The number of Topliss-reactive ketones (excluding diaryl/α,β-unsaturated/α-hetero) is 1. The molecular formula is C11H13ClN4O. The van der Waals surface area contributed by atoms with Crippen LogP contribution in [0, 0.1) is 11.3 Å². The van der Waals surface area contributed by atoms with Crippen LogP contribution in [0.15, 0.2) is 18.3 Å². The summed E-state index contributed by atoms with van der Waals surface area (Å²) in [6.07, 6.45) is 1.46. The molecule has 2 rings (SSSR count). The number of hydrogen-bond acceptors (Lipinski definition) is 5. The van der Waals surface area contributed by atoms with Gasteiger partial charge in [-0.2, -0.15) is 5.26 Å². The second-order valence-electron chi connectivity index (χ2n) is 3.58. The molecule has 1 aliphatic heterocycles. The standard InChI is InChI=1S/C11H12N4O.ClH/c12-7-10(16)9-1-2-11(14-8-9)15-5-3-13-4-6-15;/h1-2,8,13H,3-6H2;1H. The number of hydrogen-bond donors (Lipinski definition) is 1. The first-order valence-electron chi connectivity index (χ1n) is 5.17. The van der Waals surface area contributed by atoms with Gasteiger partial charge < -0.3 is 10.2 Å². The molecule has 0 amide bonds. The molecule has 2 heterocycles. The van der Waals surface area contributed by atoms with E-state index in [0.29, 0.717) is 5.56 Å². The van der Waals surface area contributed by atoms with E-state index in [1.807, 2.05) is 0 Å². The fourth-order valence-electron chi connectivity index (χ4n) is 1.67. The maximum absolute atomic E-state index is 11.1. The molecule has 6 heteroatoms. The normalized spacial score (nSPS) is 14.6. The first kappa shape index (κ1) is 13.4. The number of anilines is 1. The third kappa shape index (κ3) is 3.16. The number of ketones is 1. The van der Waals surface area contributed by atoms with Crippen LogP contribution < -0.4 is 10.2 Å². The van der Waals surface area contributed by atoms with E-state index >= 15 is 0 Å². The van der Waals surface area contributed by atoms with E-state index in [2.05, 4.69) is 15.2 Å². The molecule has 1 aromatic rings. The van der Waals surface area contributed by atoms with Crippen LogP contribution in [0.5, 0.6) is 0 Å². The van der Waals surface area contributed by atoms with Gasteiger partial charge in [-0.3, -0.25) is 4.79 Å². The highest BCUT2D eigenvalue weighted by Gasteiger charge is 2.12. The SMILES string of the molecule is Cl.N#CC(=O)c1ccc(N2CCNCC2)nc1. The fraction of sp³-hybridized carbons (Fsp3) is 0.364. The molecule has 1 fully saturated rings. The molecule has 17 heavy (non-hydrogen) atoms. The van der Waals surface area contributed by atoms with Crippen molar-refractivity contribution in [2.45, 2.75) is 0 Å². The summed E-state index contributed by atoms with van der Waals surface area (Å²) in [6, 6.07) is 5.01. The number of pyridine rings is 1. The Morgan fingerprint density at radius 1 is 1.41 bits per heavy atom. The molecule has 0 unspecified atom stereocenters. The fourth-order valence-corrected chi connectivity index (χ4v) is 1.67. The minimum atomic E-state index is -0.542. The molecule has 0 aliphatic carbocycles. The lowest BCUT2D eigenvalue weighted by Crippen LogP contribution is -2.43. The van der Waals surface area contributed by atoms with Crippen LogP contribution >= 0.6 is 12.4 Å². The Labute approximate surface area is 106 Å². The van der Waals surface area contributed by atoms with Gasteiger partial charge in [0, 0.05) is 32.4 Å². The number of piperazine rings is 1. The number of rotatable bonds is 2. The number of halogens is 1. The zero-order valence-corrected chi connectivity index (χ0v) is 10.0. The van der Waals surface area contributed by atoms with Crippen molar-refractivity contribution in [1.82, 2.24) is 10.3 Å². The Hall–Kier alpha value is -1.64. The summed E-state index contributed by atoms with van der Waals surface area (Å²) in [5, 5.41) is 11.7. The highest BCUT2D eigenvalue weighted by atomic mass is 35.5. The number of nitrogens with one attached hydrogen (secondary N) is 1. The van der Waals surface area contributed by atoms with Gasteiger partial charge >= 0.3 is 0 Å². The smallest absolute Gasteiger partial charge is 0.263 e. The van der Waals surface area contributed by atoms with Gasteiger partial charge in [0.2, 0.25) is 0 Å². The number of carbonyl (C=O) groups is 1. The van der Waals surface area contributed by atoms with Crippen molar-refractivity contribution in [3.8, 4) is 6.07 Å². The lowest BCUT2D eigenvalue weighted by molar-refractivity contribution is 0.105. The highest BCUT2D eigenvalue weighted by molar-refractivity contribution is 6.07. The van der Waals surface area contributed by atoms with Gasteiger partial charge in [-0.15, -0.1) is 12.4 Å². The van der Waals surface area contributed by atoms with Crippen molar-refractivity contribution in [2.75, 3.05) is 31.1 Å². The Balaban J connectivity index is 0.00000144. The summed E-state index contributed by atoms with van der Waals surface area (Å²) in [5.74, 6) is 0.315. The van der Waals surface area contributed by atoms with Gasteiger partial charge in [0.15, 0.2) is 0 Å². The average molecular weight is 253 g/mol. The topological polar surface area (TPSA) is 69.0 Å². The molecule has 1 saturated heterocycles. The van der Waals surface area contributed by atoms with Gasteiger partial charge in [0.1, 0.15) is 11.9 Å². The van der Waals surface area contributed by atoms with Crippen molar-refractivity contribution >= 4 is 24.0 Å². The first-order chi connectivity index (χ1) is 7.81. The predicted octanol–water partition coefficient (Wildman–Crippen LogP) is 0.619. The summed E-state index contributed by atoms with van der Waals surface area (Å²) in [6.45, 7) is 3.72. The van der Waals surface area contributed by atoms with E-state index in [1.54, 1.807) is 18.2 Å². The lowest BCUT2D eigenvalue weighted by atomic mass is 10.2. The van der Waals surface area contributed by atoms with Crippen LogP contribution in [-0.2, 0) is 0 Å². The van der Waals surface area contributed by atoms with E-state index in [0.717, 1.165) is 32.0 Å². The Morgan fingerprint density at radius 2 is 2.12 bits per heavy atom. The molecule has 0 spiro atoms. The molecule has 90 valence electrons. The van der Waals surface area contributed by atoms with Crippen molar-refractivity contribution in [3.63, 3.8) is 0 Å². The molecule has 0 atom stereocenters. The Morgan fingerprint density at radius 3 is 2.65 bits per heavy atom. The van der Waals surface area contributed by atoms with Crippen LogP contribution in [0.4, 0.5) is 5.82 Å². The van der Waals surface area contributed by atoms with Crippen LogP contribution in [-0.4, -0.2) is 36.9 Å². The van der Waals surface area contributed by atoms with Crippen LogP contribution in [0.25, 0.3) is 0 Å². The average Bonchev–Trinajstić information content (AvgIpc) is 2.39. The summed E-state index contributed by atoms with van der Waals surface area (Å²) in [4.78, 5) is 17.4. The molecule has 0 aromatic carbocycles. The van der Waals surface area contributed by atoms with Gasteiger partial charge in [0.25, 0.3) is 5.78 Å². The van der Waals surface area contributed by atoms with E-state index in [4.69, 9.17) is 5.26 Å². The van der Waals surface area contributed by atoms with Crippen LogP contribution in [0.3, 0.4) is 0 Å². The highest BCUT2D eigenvalue weighted by Crippen LogP contribution is 2.11. The van der Waals surface area contributed by atoms with E-state index in [-0.39, 0.29) is 12.4 Å². The van der Waals surface area contributed by atoms with Crippen LogP contribution in [0.1, 0.15) is 10.4 Å². The van der Waals surface area contributed by atoms with Gasteiger partial charge in [-0.1, -0.05) is 0 Å². The third-order valence-electron chi connectivity index (χ3n) is 2.55. The van der Waals surface area contributed by atoms with Crippen molar-refractivity contribution in [1.29, 1.82) is 5.26 Å². The minimum Gasteiger partial charge on any atom is -0.354 e. The molecule has 1 N–H and O–H groups in total. The van der Waals surface area contributed by atoms with Crippen molar-refractivity contribution in [2.24, 2.45) is 0 Å². The molecule has 1 aromatic heterocycles. The number of aromatic nitrogens is 1. The van der Waals surface area contributed by atoms with Crippen LogP contribution in [0.2, 0.25) is 0 Å². The van der Waals surface area contributed by atoms with Gasteiger partial charge in [-0.25, -0.2) is 4.98 Å². The number of carbonyl (C=O) groups excluding carboxylic acids is 1. The molecule has 0 radical (unpaired) electrons. The first-order valence-corrected chi connectivity index (χ1v) is 5.17. The second kappa shape index (κ2) is 6.18. The summed E-state index contributed by atoms with van der Waals surface area (Å²) in [7, 11) is 0. The Bertz CT molecular complexity index is 420. The third-order valence-corrected chi connectivity index (χ3v) is 2.55. The molecule has 0 saturated carbocycles. The lowest BCUT2D eigenvalue weighted by Gasteiger charge is -2.28. The summed E-state index contributed by atoms with van der Waals surface area (Å²) in [5.41, 5.74) is 0.349. The number of nitriles is 1. The maximum Gasteiger partial charge on any atom is 0.263 e.